The van der Waals surface area contributed by atoms with Gasteiger partial charge in [-0.1, -0.05) is 0 Å². The topological polar surface area (TPSA) is 71.3 Å². The van der Waals surface area contributed by atoms with Gasteiger partial charge in [0.25, 0.3) is 5.91 Å². The molecule has 1 saturated heterocycles. The van der Waals surface area contributed by atoms with Crippen molar-refractivity contribution in [2.45, 2.75) is 45.3 Å². The van der Waals surface area contributed by atoms with E-state index in [-0.39, 0.29) is 17.9 Å². The lowest BCUT2D eigenvalue weighted by Crippen LogP contribution is -2.46. The third-order valence-corrected chi connectivity index (χ3v) is 5.27. The Hall–Kier alpha value is -2.70. The summed E-state index contributed by atoms with van der Waals surface area (Å²) in [6.45, 7) is 4.54. The molecule has 7 heteroatoms. The Bertz CT molecular complexity index is 814. The summed E-state index contributed by atoms with van der Waals surface area (Å²) in [6.07, 6.45) is 5.71. The van der Waals surface area contributed by atoms with Crippen molar-refractivity contribution in [3.05, 3.63) is 47.5 Å². The van der Waals surface area contributed by atoms with E-state index in [0.717, 1.165) is 37.3 Å². The first kappa shape index (κ1) is 16.8. The van der Waals surface area contributed by atoms with Crippen LogP contribution in [0.25, 0.3) is 0 Å². The van der Waals surface area contributed by atoms with E-state index >= 15 is 0 Å². The fourth-order valence-corrected chi connectivity index (χ4v) is 3.77. The lowest BCUT2D eigenvalue weighted by Gasteiger charge is -2.32. The zero-order valence-electron chi connectivity index (χ0n) is 15.0. The first-order chi connectivity index (χ1) is 12.6. The van der Waals surface area contributed by atoms with Gasteiger partial charge in [0.15, 0.2) is 0 Å². The van der Waals surface area contributed by atoms with E-state index in [9.17, 15) is 9.59 Å². The van der Waals surface area contributed by atoms with E-state index in [4.69, 9.17) is 0 Å². The molecule has 2 aromatic rings. The molecule has 136 valence electrons. The second kappa shape index (κ2) is 6.90. The second-order valence-corrected chi connectivity index (χ2v) is 7.05. The molecule has 0 spiro atoms. The van der Waals surface area contributed by atoms with Crippen LogP contribution < -0.4 is 0 Å². The summed E-state index contributed by atoms with van der Waals surface area (Å²) in [5.41, 5.74) is 2.49. The molecule has 4 rings (SSSR count). The molecule has 2 amide bonds. The minimum atomic E-state index is -0.0382. The largest absolute Gasteiger partial charge is 0.341 e. The van der Waals surface area contributed by atoms with Crippen molar-refractivity contribution in [2.24, 2.45) is 0 Å². The number of hydrogen-bond donors (Lipinski definition) is 0. The van der Waals surface area contributed by atoms with E-state index in [0.29, 0.717) is 25.1 Å². The zero-order valence-corrected chi connectivity index (χ0v) is 15.0. The van der Waals surface area contributed by atoms with Gasteiger partial charge in [0.1, 0.15) is 0 Å². The molecule has 0 bridgehead atoms. The van der Waals surface area contributed by atoms with Crippen LogP contribution in [0.4, 0.5) is 0 Å². The lowest BCUT2D eigenvalue weighted by atomic mass is 10.1. The fourth-order valence-electron chi connectivity index (χ4n) is 3.77. The van der Waals surface area contributed by atoms with Crippen molar-refractivity contribution >= 4 is 11.8 Å². The van der Waals surface area contributed by atoms with E-state index < -0.39 is 0 Å². The monoisotopic (exact) mass is 353 g/mol. The molecule has 0 aliphatic carbocycles. The molecule has 2 aliphatic rings. The van der Waals surface area contributed by atoms with Gasteiger partial charge >= 0.3 is 0 Å². The smallest absolute Gasteiger partial charge is 0.256 e. The normalized spacial score (nSPS) is 20.2. The van der Waals surface area contributed by atoms with Crippen LogP contribution in [0.15, 0.2) is 30.6 Å². The van der Waals surface area contributed by atoms with Crippen LogP contribution in [0.1, 0.15) is 41.0 Å². The van der Waals surface area contributed by atoms with Crippen LogP contribution in [-0.4, -0.2) is 55.5 Å². The van der Waals surface area contributed by atoms with E-state index in [2.05, 4.69) is 10.1 Å². The Labute approximate surface area is 152 Å². The average Bonchev–Trinajstić information content (AvgIpc) is 3.21. The van der Waals surface area contributed by atoms with Crippen molar-refractivity contribution in [1.29, 1.82) is 0 Å². The molecule has 7 nitrogen and oxygen atoms in total. The minimum absolute atomic E-state index is 0.0208. The summed E-state index contributed by atoms with van der Waals surface area (Å²) >= 11 is 0. The van der Waals surface area contributed by atoms with Crippen LogP contribution in [0.5, 0.6) is 0 Å². The number of carbonyl (C=O) groups is 2. The number of fused-ring (bicyclic) bond motifs is 1. The molecule has 1 unspecified atom stereocenters. The lowest BCUT2D eigenvalue weighted by molar-refractivity contribution is -0.128. The molecule has 26 heavy (non-hydrogen) atoms. The minimum Gasteiger partial charge on any atom is -0.341 e. The molecule has 2 aliphatic heterocycles. The Morgan fingerprint density at radius 2 is 2.15 bits per heavy atom. The van der Waals surface area contributed by atoms with Crippen LogP contribution in [0.2, 0.25) is 0 Å². The maximum atomic E-state index is 13.2. The number of pyridine rings is 1. The van der Waals surface area contributed by atoms with Crippen molar-refractivity contribution < 1.29 is 9.59 Å². The van der Waals surface area contributed by atoms with Gasteiger partial charge in [0.2, 0.25) is 5.91 Å². The Morgan fingerprint density at radius 1 is 1.27 bits per heavy atom. The van der Waals surface area contributed by atoms with E-state index in [1.807, 2.05) is 39.6 Å². The highest BCUT2D eigenvalue weighted by Gasteiger charge is 2.32. The summed E-state index contributed by atoms with van der Waals surface area (Å²) in [6, 6.07) is 5.61. The predicted octanol–water partition coefficient (Wildman–Crippen LogP) is 1.62. The van der Waals surface area contributed by atoms with Gasteiger partial charge in [0, 0.05) is 44.1 Å². The van der Waals surface area contributed by atoms with Gasteiger partial charge in [-0.25, -0.2) is 0 Å². The number of likely N-dealkylation sites (tertiary alicyclic amines) is 1. The number of rotatable bonds is 3. The highest BCUT2D eigenvalue weighted by Crippen LogP contribution is 2.22. The standard InChI is InChI=1S/C19H23N5O2/c1-14-4-5-15(11-20-14)19(26)23-13-17-6-8-21-24(17)10-7-16(23)12-22-9-2-3-18(22)25/h4-6,8,11,16H,2-3,7,9-10,12-13H2,1H3. The van der Waals surface area contributed by atoms with Gasteiger partial charge in [-0.2, -0.15) is 5.10 Å². The zero-order chi connectivity index (χ0) is 18.1. The van der Waals surface area contributed by atoms with Crippen LogP contribution >= 0.6 is 0 Å². The number of amides is 2. The molecule has 2 aromatic heterocycles. The van der Waals surface area contributed by atoms with Crippen LogP contribution in [0.3, 0.4) is 0 Å². The predicted molar refractivity (Wildman–Crippen MR) is 95.3 cm³/mol. The number of hydrogen-bond acceptors (Lipinski definition) is 4. The van der Waals surface area contributed by atoms with Crippen molar-refractivity contribution in [3.8, 4) is 0 Å². The van der Waals surface area contributed by atoms with Gasteiger partial charge < -0.3 is 9.80 Å². The number of carbonyl (C=O) groups excluding carboxylic acids is 2. The van der Waals surface area contributed by atoms with E-state index in [1.165, 1.54) is 0 Å². The maximum absolute atomic E-state index is 13.2. The summed E-state index contributed by atoms with van der Waals surface area (Å²) in [4.78, 5) is 33.3. The molecule has 1 fully saturated rings. The number of aromatic nitrogens is 3. The third-order valence-electron chi connectivity index (χ3n) is 5.27. The van der Waals surface area contributed by atoms with E-state index in [1.54, 1.807) is 12.4 Å². The second-order valence-electron chi connectivity index (χ2n) is 7.05. The fraction of sp³-hybridized carbons (Fsp3) is 0.474. The third kappa shape index (κ3) is 3.21. The van der Waals surface area contributed by atoms with Gasteiger partial charge in [-0.05, 0) is 38.0 Å². The summed E-state index contributed by atoms with van der Waals surface area (Å²) in [5.74, 6) is 0.153. The Balaban J connectivity index is 1.61. The first-order valence-corrected chi connectivity index (χ1v) is 9.14. The molecular formula is C19H23N5O2. The van der Waals surface area contributed by atoms with Crippen LogP contribution in [-0.2, 0) is 17.9 Å². The summed E-state index contributed by atoms with van der Waals surface area (Å²) in [5, 5.41) is 4.36. The quantitative estimate of drug-likeness (QED) is 0.841. The molecule has 0 N–H and O–H groups in total. The van der Waals surface area contributed by atoms with Gasteiger partial charge in [-0.3, -0.25) is 19.3 Å². The molecule has 1 atom stereocenters. The molecule has 4 heterocycles. The Kier molecular flexibility index (Phi) is 4.44. The van der Waals surface area contributed by atoms with Gasteiger partial charge in [0.05, 0.1) is 23.8 Å². The highest BCUT2D eigenvalue weighted by atomic mass is 16.2. The van der Waals surface area contributed by atoms with Crippen LogP contribution in [0, 0.1) is 6.92 Å². The summed E-state index contributed by atoms with van der Waals surface area (Å²) < 4.78 is 1.96. The number of nitrogens with zero attached hydrogens (tertiary/aromatic N) is 5. The molecule has 0 radical (unpaired) electrons. The maximum Gasteiger partial charge on any atom is 0.256 e. The van der Waals surface area contributed by atoms with Gasteiger partial charge in [-0.15, -0.1) is 0 Å². The Morgan fingerprint density at radius 3 is 2.88 bits per heavy atom. The van der Waals surface area contributed by atoms with Crippen molar-refractivity contribution in [2.75, 3.05) is 13.1 Å². The highest BCUT2D eigenvalue weighted by molar-refractivity contribution is 5.94. The average molecular weight is 353 g/mol. The van der Waals surface area contributed by atoms with Crippen molar-refractivity contribution in [3.63, 3.8) is 0 Å². The van der Waals surface area contributed by atoms with Crippen molar-refractivity contribution in [1.82, 2.24) is 24.6 Å². The molecule has 0 aromatic carbocycles. The summed E-state index contributed by atoms with van der Waals surface area (Å²) in [7, 11) is 0. The first-order valence-electron chi connectivity index (χ1n) is 9.14. The number of aryl methyl sites for hydroxylation is 2. The molecule has 0 saturated carbocycles. The molecular weight excluding hydrogens is 330 g/mol. The SMILES string of the molecule is Cc1ccc(C(=O)N2Cc3ccnn3CCC2CN2CCCC2=O)cn1.